The Bertz CT molecular complexity index is 4290. The van der Waals surface area contributed by atoms with Gasteiger partial charge < -0.3 is 45.9 Å². The molecule has 1 aromatic carbocycles. The number of Topliss-reactive ketones (excluding diaryl/α,β-unsaturated/α-hetero) is 1. The van der Waals surface area contributed by atoms with Crippen molar-refractivity contribution in [3.63, 3.8) is 0 Å². The molecular formula is C61H60N14O12S6. The van der Waals surface area contributed by atoms with Crippen LogP contribution < -0.4 is 26.2 Å². The summed E-state index contributed by atoms with van der Waals surface area (Å²) in [5, 5.41) is 40.1. The van der Waals surface area contributed by atoms with Gasteiger partial charge in [0.15, 0.2) is 11.6 Å². The second kappa shape index (κ2) is 28.5. The second-order valence-corrected chi connectivity index (χ2v) is 28.0. The second-order valence-electron chi connectivity index (χ2n) is 22.2. The van der Waals surface area contributed by atoms with E-state index in [-0.39, 0.29) is 65.8 Å². The summed E-state index contributed by atoms with van der Waals surface area (Å²) in [6, 6.07) is 11.4. The summed E-state index contributed by atoms with van der Waals surface area (Å²) in [5.74, 6) is -6.74. The molecule has 0 radical (unpaired) electrons. The van der Waals surface area contributed by atoms with Gasteiger partial charge >= 0.3 is 18.0 Å². The van der Waals surface area contributed by atoms with E-state index in [1.54, 1.807) is 35.2 Å². The van der Waals surface area contributed by atoms with Crippen molar-refractivity contribution in [2.45, 2.75) is 103 Å². The number of benzene rings is 1. The molecule has 0 saturated heterocycles. The number of carboxylic acids is 2. The first kappa shape index (κ1) is 65.6. The summed E-state index contributed by atoms with van der Waals surface area (Å²) in [5.41, 5.74) is 3.08. The maximum atomic E-state index is 14.5. The van der Waals surface area contributed by atoms with Crippen molar-refractivity contribution in [2.24, 2.45) is 11.8 Å². The molecule has 10 bridgehead atoms. The highest BCUT2D eigenvalue weighted by Crippen LogP contribution is 2.42. The molecule has 1 aliphatic carbocycles. The fourth-order valence-electron chi connectivity index (χ4n) is 10.6. The topological polar surface area (TPSA) is 366 Å². The Morgan fingerprint density at radius 3 is 2.16 bits per heavy atom. The number of imidazole rings is 1. The van der Waals surface area contributed by atoms with E-state index in [1.165, 1.54) is 59.5 Å². The summed E-state index contributed by atoms with van der Waals surface area (Å²) < 4.78 is 11.4. The van der Waals surface area contributed by atoms with Crippen LogP contribution in [0.1, 0.15) is 156 Å². The third-order valence-electron chi connectivity index (χ3n) is 15.7. The standard InChI is InChI=1S/C61H60N14O12S6/c1-27(2)34-18-40(76)47-29(4)92-57(73-47)36(19-44(77)62-5)66-51(79)38-24-88-53(68-38)33-16-17-35(55-71-43(26-91-55)75(42-20-63-50(70-42)60(83)84)61(85)87-32-14-12-31(13-15-32)59(81)82)65-48(33)37-23-89-56(67-37)39-25-90-58(69-39)46(28(3)30-10-8-7-9-11-30)72-45(78)21-64-52(80)49-41(22-86-6)93-54(34)74-49/h7-11,16-17,20,23-28,31-32,34,36,46H,12-15,18-19,21-22H2,1-6H3,(H,62,77)(H,63,70)(H,64,80)(H,66,79)(H,72,78)(H,81,82)(H,83,84)/t28-,31?,32?,34?,36-,46-/m0/s1. The highest BCUT2D eigenvalue weighted by molar-refractivity contribution is 7.15. The lowest BCUT2D eigenvalue weighted by molar-refractivity contribution is -0.143. The molecule has 1 saturated carbocycles. The largest absolute Gasteiger partial charge is 0.481 e. The molecular weight excluding hydrogens is 1310 g/mol. The molecule has 9 heterocycles. The molecule has 5 amide bonds. The monoisotopic (exact) mass is 1370 g/mol. The zero-order valence-electron chi connectivity index (χ0n) is 50.6. The molecule has 93 heavy (non-hydrogen) atoms. The number of aryl methyl sites for hydroxylation is 1. The molecule has 7 N–H and O–H groups in total. The number of carboxylic acid groups (broad SMARTS) is 2. The van der Waals surface area contributed by atoms with Gasteiger partial charge in [-0.25, -0.2) is 54.4 Å². The van der Waals surface area contributed by atoms with Crippen molar-refractivity contribution >= 4 is 127 Å². The molecule has 1 fully saturated rings. The van der Waals surface area contributed by atoms with Gasteiger partial charge in [0.2, 0.25) is 17.6 Å². The summed E-state index contributed by atoms with van der Waals surface area (Å²) in [4.78, 5) is 151. The van der Waals surface area contributed by atoms with Crippen LogP contribution in [-0.4, -0.2) is 129 Å². The Morgan fingerprint density at radius 2 is 1.44 bits per heavy atom. The van der Waals surface area contributed by atoms with Crippen LogP contribution >= 0.6 is 68.0 Å². The minimum absolute atomic E-state index is 0.00117. The van der Waals surface area contributed by atoms with Crippen molar-refractivity contribution in [3.8, 4) is 43.4 Å². The molecule has 26 nitrogen and oxygen atoms in total. The number of aromatic carboxylic acids is 1. The molecule has 1 unspecified atom stereocenters. The molecule has 8 aromatic heterocycles. The van der Waals surface area contributed by atoms with Crippen LogP contribution in [-0.2, 0) is 30.5 Å². The summed E-state index contributed by atoms with van der Waals surface area (Å²) >= 11 is 7.27. The van der Waals surface area contributed by atoms with Gasteiger partial charge in [-0.3, -0.25) is 28.8 Å². The molecule has 2 aliphatic rings. The molecule has 482 valence electrons. The number of ketones is 1. The van der Waals surface area contributed by atoms with Crippen LogP contribution in [0.3, 0.4) is 0 Å². The molecule has 0 spiro atoms. The lowest BCUT2D eigenvalue weighted by Gasteiger charge is -2.28. The number of hydrogen-bond acceptors (Lipinski definition) is 24. The highest BCUT2D eigenvalue weighted by atomic mass is 32.1. The maximum absolute atomic E-state index is 14.5. The molecule has 9 aromatic rings. The number of H-pyrrole nitrogens is 1. The van der Waals surface area contributed by atoms with Crippen molar-refractivity contribution in [2.75, 3.05) is 25.6 Å². The predicted molar refractivity (Wildman–Crippen MR) is 349 cm³/mol. The molecule has 1 aliphatic heterocycles. The number of pyridine rings is 1. The van der Waals surface area contributed by atoms with Crippen molar-refractivity contribution in [1.82, 2.24) is 66.1 Å². The van der Waals surface area contributed by atoms with Crippen LogP contribution in [0.15, 0.2) is 70.2 Å². The van der Waals surface area contributed by atoms with E-state index in [2.05, 4.69) is 31.2 Å². The Labute approximate surface area is 554 Å². The van der Waals surface area contributed by atoms with E-state index in [0.717, 1.165) is 39.3 Å². The summed E-state index contributed by atoms with van der Waals surface area (Å²) in [6.45, 7) is 7.23. The number of nitrogens with zero attached hydrogens (tertiary/aromatic N) is 9. The lowest BCUT2D eigenvalue weighted by Crippen LogP contribution is -2.40. The van der Waals surface area contributed by atoms with Crippen LogP contribution in [0.5, 0.6) is 0 Å². The van der Waals surface area contributed by atoms with Gasteiger partial charge in [0.25, 0.3) is 11.8 Å². The Balaban J connectivity index is 0.985. The number of amides is 5. The number of carbonyl (C=O) groups is 8. The van der Waals surface area contributed by atoms with E-state index < -0.39 is 84.1 Å². The number of ether oxygens (including phenoxy) is 2. The zero-order valence-corrected chi connectivity index (χ0v) is 55.5. The average Bonchev–Trinajstić information content (AvgIpc) is 1.71. The van der Waals surface area contributed by atoms with Gasteiger partial charge in [-0.05, 0) is 56.2 Å². The molecule has 4 atom stereocenters. The Morgan fingerprint density at radius 1 is 0.731 bits per heavy atom. The first-order chi connectivity index (χ1) is 44.7. The highest BCUT2D eigenvalue weighted by Gasteiger charge is 2.35. The normalized spacial score (nSPS) is 18.4. The first-order valence-corrected chi connectivity index (χ1v) is 34.4. The fourth-order valence-corrected chi connectivity index (χ4v) is 16.3. The van der Waals surface area contributed by atoms with Gasteiger partial charge in [0.1, 0.15) is 71.1 Å². The van der Waals surface area contributed by atoms with Crippen molar-refractivity contribution in [1.29, 1.82) is 0 Å². The number of methoxy groups -OCH3 is 1. The number of carbonyl (C=O) groups excluding carboxylic acids is 6. The van der Waals surface area contributed by atoms with Crippen molar-refractivity contribution in [3.05, 3.63) is 123 Å². The number of aliphatic carboxylic acids is 1. The Hall–Kier alpha value is -8.92. The smallest absolute Gasteiger partial charge is 0.421 e. The minimum atomic E-state index is -1.38. The number of thiazole rings is 6. The number of aromatic amines is 1. The number of aromatic nitrogens is 9. The van der Waals surface area contributed by atoms with E-state index in [0.29, 0.717) is 93.8 Å². The van der Waals surface area contributed by atoms with E-state index in [4.69, 9.17) is 44.4 Å². The number of fused-ring (bicyclic) bond motifs is 14. The first-order valence-electron chi connectivity index (χ1n) is 29.2. The average molecular weight is 1370 g/mol. The van der Waals surface area contributed by atoms with Gasteiger partial charge in [0, 0.05) is 64.4 Å². The van der Waals surface area contributed by atoms with Crippen LogP contribution in [0.4, 0.5) is 16.4 Å². The van der Waals surface area contributed by atoms with Gasteiger partial charge in [0.05, 0.1) is 59.3 Å². The van der Waals surface area contributed by atoms with Crippen molar-refractivity contribution < 1.29 is 58.0 Å². The number of nitrogens with one attached hydrogen (secondary N) is 5. The quantitative estimate of drug-likeness (QED) is 0.0564. The third kappa shape index (κ3) is 14.7. The summed E-state index contributed by atoms with van der Waals surface area (Å²) in [6.07, 6.45) is 0.545. The molecule has 32 heteroatoms. The number of anilines is 2. The zero-order chi connectivity index (χ0) is 65.8. The van der Waals surface area contributed by atoms with E-state index >= 15 is 0 Å². The van der Waals surface area contributed by atoms with E-state index in [1.807, 2.05) is 56.5 Å². The fraction of sp³-hybridized carbons (Fsp3) is 0.344. The van der Waals surface area contributed by atoms with Gasteiger partial charge in [-0.1, -0.05) is 51.1 Å². The maximum Gasteiger partial charge on any atom is 0.421 e. The SMILES string of the molecule is CNC(=O)C[C@@H]1NC(=O)c2csc(n2)-c2ccc(-c3nc(N(C(=O)OC4CCC(C(=O)O)CC4)c4cnc(C(=O)O)[nH]4)cs3)nc2-c2csc(n2)-c2csc(n2)[C@H]([C@@H](C)c2ccccc2)NC(=O)CNC(=O)c2nc(sc2COC)C(C(C)C)CC(=O)c2nc1sc2C. The summed E-state index contributed by atoms with van der Waals surface area (Å²) in [7, 11) is 2.96. The van der Waals surface area contributed by atoms with E-state index in [9.17, 15) is 48.6 Å². The van der Waals surface area contributed by atoms with Gasteiger partial charge in [-0.15, -0.1) is 68.0 Å². The van der Waals surface area contributed by atoms with Crippen LogP contribution in [0.2, 0.25) is 0 Å². The number of rotatable bonds is 13. The Kier molecular flexibility index (Phi) is 20.1. The predicted octanol–water partition coefficient (Wildman–Crippen LogP) is 10.6. The lowest BCUT2D eigenvalue weighted by atomic mass is 9.87. The van der Waals surface area contributed by atoms with Crippen LogP contribution in [0.25, 0.3) is 43.4 Å². The third-order valence-corrected chi connectivity index (χ3v) is 21.4. The number of hydrogen-bond donors (Lipinski definition) is 7. The van der Waals surface area contributed by atoms with Gasteiger partial charge in [-0.2, -0.15) is 0 Å². The minimum Gasteiger partial charge on any atom is -0.481 e. The van der Waals surface area contributed by atoms with Crippen LogP contribution in [0, 0.1) is 18.8 Å². The molecule has 11 rings (SSSR count).